The summed E-state index contributed by atoms with van der Waals surface area (Å²) in [5.41, 5.74) is 6.38. The van der Waals surface area contributed by atoms with Crippen molar-refractivity contribution in [3.63, 3.8) is 0 Å². The number of carbonyl (C=O) groups is 2. The molecule has 0 atom stereocenters. The molecule has 0 fully saturated rings. The number of aromatic nitrogens is 4. The van der Waals surface area contributed by atoms with E-state index in [0.717, 1.165) is 40.1 Å². The monoisotopic (exact) mass is 443 g/mol. The summed E-state index contributed by atoms with van der Waals surface area (Å²) in [6.45, 7) is 3.79. The van der Waals surface area contributed by atoms with Gasteiger partial charge in [0, 0.05) is 30.9 Å². The standard InChI is InChI=1S/C25H25N5O3/c1-16-12-19(28(2)27-16)14-30-22-15-29(11-9-20(22)21-4-3-10-26-24(21)30)23(31)13-17-5-7-18(8-6-17)25(32)33/h3-8,10,12H,9,11,13-15H2,1-2H3,(H,32,33). The van der Waals surface area contributed by atoms with Gasteiger partial charge in [0.2, 0.25) is 5.91 Å². The molecule has 1 aliphatic heterocycles. The number of rotatable bonds is 5. The fourth-order valence-electron chi connectivity index (χ4n) is 4.67. The first-order chi connectivity index (χ1) is 15.9. The van der Waals surface area contributed by atoms with E-state index in [0.29, 0.717) is 19.6 Å². The second-order valence-electron chi connectivity index (χ2n) is 8.53. The van der Waals surface area contributed by atoms with E-state index in [1.165, 1.54) is 5.56 Å². The van der Waals surface area contributed by atoms with Crippen LogP contribution in [0, 0.1) is 6.92 Å². The molecule has 5 rings (SSSR count). The Labute approximate surface area is 191 Å². The Morgan fingerprint density at radius 2 is 1.94 bits per heavy atom. The number of carboxylic acid groups (broad SMARTS) is 1. The van der Waals surface area contributed by atoms with Crippen molar-refractivity contribution in [1.82, 2.24) is 24.2 Å². The van der Waals surface area contributed by atoms with Gasteiger partial charge in [0.25, 0.3) is 0 Å². The van der Waals surface area contributed by atoms with Crippen molar-refractivity contribution in [2.24, 2.45) is 7.05 Å². The van der Waals surface area contributed by atoms with Gasteiger partial charge in [-0.15, -0.1) is 0 Å². The lowest BCUT2D eigenvalue weighted by Crippen LogP contribution is -2.37. The fourth-order valence-corrected chi connectivity index (χ4v) is 4.67. The highest BCUT2D eigenvalue weighted by molar-refractivity contribution is 5.88. The van der Waals surface area contributed by atoms with Crippen molar-refractivity contribution in [2.45, 2.75) is 32.9 Å². The minimum absolute atomic E-state index is 0.0323. The van der Waals surface area contributed by atoms with Crippen molar-refractivity contribution in [3.8, 4) is 0 Å². The lowest BCUT2D eigenvalue weighted by molar-refractivity contribution is -0.131. The number of pyridine rings is 1. The molecule has 1 amide bonds. The van der Waals surface area contributed by atoms with Crippen LogP contribution in [0.15, 0.2) is 48.7 Å². The van der Waals surface area contributed by atoms with Gasteiger partial charge in [-0.2, -0.15) is 5.10 Å². The summed E-state index contributed by atoms with van der Waals surface area (Å²) >= 11 is 0. The molecule has 4 heterocycles. The first-order valence-electron chi connectivity index (χ1n) is 10.9. The van der Waals surface area contributed by atoms with E-state index in [9.17, 15) is 9.59 Å². The van der Waals surface area contributed by atoms with Crippen LogP contribution in [0.5, 0.6) is 0 Å². The number of carboxylic acids is 1. The molecule has 8 nitrogen and oxygen atoms in total. The normalized spacial score (nSPS) is 13.3. The molecule has 168 valence electrons. The molecule has 33 heavy (non-hydrogen) atoms. The quantitative estimate of drug-likeness (QED) is 0.512. The van der Waals surface area contributed by atoms with E-state index in [1.807, 2.05) is 35.8 Å². The van der Waals surface area contributed by atoms with Crippen molar-refractivity contribution in [3.05, 3.63) is 82.4 Å². The number of fused-ring (bicyclic) bond motifs is 3. The van der Waals surface area contributed by atoms with Gasteiger partial charge in [-0.25, -0.2) is 9.78 Å². The largest absolute Gasteiger partial charge is 0.478 e. The molecule has 1 aliphatic rings. The van der Waals surface area contributed by atoms with Gasteiger partial charge >= 0.3 is 5.97 Å². The Kier molecular flexibility index (Phi) is 5.20. The van der Waals surface area contributed by atoms with Gasteiger partial charge in [-0.3, -0.25) is 9.48 Å². The van der Waals surface area contributed by atoms with Crippen LogP contribution in [-0.2, 0) is 37.8 Å². The Morgan fingerprint density at radius 3 is 2.64 bits per heavy atom. The predicted molar refractivity (Wildman–Crippen MR) is 123 cm³/mol. The summed E-state index contributed by atoms with van der Waals surface area (Å²) in [5.74, 6) is -0.939. The highest BCUT2D eigenvalue weighted by atomic mass is 16.4. The molecular formula is C25H25N5O3. The summed E-state index contributed by atoms with van der Waals surface area (Å²) in [7, 11) is 1.94. The van der Waals surface area contributed by atoms with Crippen LogP contribution in [0.4, 0.5) is 0 Å². The Balaban J connectivity index is 1.43. The molecule has 0 saturated heterocycles. The SMILES string of the molecule is Cc1cc(Cn2c3c(c4cccnc42)CCN(C(=O)Cc2ccc(C(=O)O)cc2)C3)n(C)n1. The lowest BCUT2D eigenvalue weighted by atomic mass is 10.0. The number of amides is 1. The second kappa shape index (κ2) is 8.20. The molecule has 0 aliphatic carbocycles. The van der Waals surface area contributed by atoms with Crippen LogP contribution in [-0.4, -0.2) is 47.8 Å². The zero-order valence-electron chi connectivity index (χ0n) is 18.7. The van der Waals surface area contributed by atoms with Crippen LogP contribution in [0.3, 0.4) is 0 Å². The molecule has 0 unspecified atom stereocenters. The highest BCUT2D eigenvalue weighted by Gasteiger charge is 2.27. The summed E-state index contributed by atoms with van der Waals surface area (Å²) in [4.78, 5) is 30.7. The third-order valence-electron chi connectivity index (χ3n) is 6.34. The van der Waals surface area contributed by atoms with E-state index in [1.54, 1.807) is 24.3 Å². The van der Waals surface area contributed by atoms with E-state index < -0.39 is 5.97 Å². The summed E-state index contributed by atoms with van der Waals surface area (Å²) < 4.78 is 4.10. The first kappa shape index (κ1) is 20.9. The summed E-state index contributed by atoms with van der Waals surface area (Å²) in [6, 6.07) is 12.6. The van der Waals surface area contributed by atoms with Gasteiger partial charge in [0.05, 0.1) is 36.5 Å². The molecule has 3 aromatic heterocycles. The van der Waals surface area contributed by atoms with Crippen LogP contribution < -0.4 is 0 Å². The summed E-state index contributed by atoms with van der Waals surface area (Å²) in [5, 5.41) is 14.7. The molecule has 4 aromatic rings. The van der Waals surface area contributed by atoms with Crippen molar-refractivity contribution >= 4 is 22.9 Å². The molecule has 8 heteroatoms. The number of carbonyl (C=O) groups excluding carboxylic acids is 1. The van der Waals surface area contributed by atoms with Crippen molar-refractivity contribution < 1.29 is 14.7 Å². The molecule has 1 aromatic carbocycles. The number of benzene rings is 1. The average molecular weight is 444 g/mol. The maximum atomic E-state index is 13.1. The van der Waals surface area contributed by atoms with Gasteiger partial charge in [0.1, 0.15) is 5.65 Å². The van der Waals surface area contributed by atoms with Gasteiger partial charge in [-0.1, -0.05) is 12.1 Å². The van der Waals surface area contributed by atoms with Crippen molar-refractivity contribution in [1.29, 1.82) is 0 Å². The maximum absolute atomic E-state index is 13.1. The summed E-state index contributed by atoms with van der Waals surface area (Å²) in [6.07, 6.45) is 2.83. The number of hydrogen-bond acceptors (Lipinski definition) is 4. The van der Waals surface area contributed by atoms with Crippen LogP contribution in [0.25, 0.3) is 11.0 Å². The minimum Gasteiger partial charge on any atom is -0.478 e. The van der Waals surface area contributed by atoms with E-state index in [-0.39, 0.29) is 17.9 Å². The van der Waals surface area contributed by atoms with Crippen molar-refractivity contribution in [2.75, 3.05) is 6.54 Å². The highest BCUT2D eigenvalue weighted by Crippen LogP contribution is 2.31. The topological polar surface area (TPSA) is 93.3 Å². The molecule has 0 saturated carbocycles. The van der Waals surface area contributed by atoms with E-state index in [4.69, 9.17) is 5.11 Å². The van der Waals surface area contributed by atoms with Gasteiger partial charge in [0.15, 0.2) is 0 Å². The van der Waals surface area contributed by atoms with Crippen LogP contribution >= 0.6 is 0 Å². The third kappa shape index (κ3) is 3.88. The van der Waals surface area contributed by atoms with E-state index in [2.05, 4.69) is 26.8 Å². The number of aryl methyl sites for hydroxylation is 2. The predicted octanol–water partition coefficient (Wildman–Crippen LogP) is 2.95. The van der Waals surface area contributed by atoms with Crippen LogP contribution in [0.1, 0.15) is 38.6 Å². The molecule has 0 spiro atoms. The average Bonchev–Trinajstić information content (AvgIpc) is 3.30. The lowest BCUT2D eigenvalue weighted by Gasteiger charge is -2.28. The Bertz CT molecular complexity index is 1370. The van der Waals surface area contributed by atoms with Gasteiger partial charge in [-0.05, 0) is 54.8 Å². The van der Waals surface area contributed by atoms with Gasteiger partial charge < -0.3 is 14.6 Å². The Morgan fingerprint density at radius 1 is 1.15 bits per heavy atom. The minimum atomic E-state index is -0.971. The molecule has 0 bridgehead atoms. The number of hydrogen-bond donors (Lipinski definition) is 1. The Hall–Kier alpha value is -3.94. The third-order valence-corrected chi connectivity index (χ3v) is 6.34. The van der Waals surface area contributed by atoms with E-state index >= 15 is 0 Å². The molecule has 1 N–H and O–H groups in total. The second-order valence-corrected chi connectivity index (χ2v) is 8.53. The number of nitrogens with zero attached hydrogens (tertiary/aromatic N) is 5. The molecule has 0 radical (unpaired) electrons. The molecular weight excluding hydrogens is 418 g/mol. The smallest absolute Gasteiger partial charge is 0.335 e. The fraction of sp³-hybridized carbons (Fsp3) is 0.280. The zero-order chi connectivity index (χ0) is 23.1. The van der Waals surface area contributed by atoms with Crippen LogP contribution in [0.2, 0.25) is 0 Å². The first-order valence-corrected chi connectivity index (χ1v) is 10.9. The zero-order valence-corrected chi connectivity index (χ0v) is 18.7. The number of aromatic carboxylic acids is 1. The maximum Gasteiger partial charge on any atom is 0.335 e.